The van der Waals surface area contributed by atoms with Crippen molar-refractivity contribution in [2.45, 2.75) is 39.2 Å². The molecule has 37 heavy (non-hydrogen) atoms. The lowest BCUT2D eigenvalue weighted by molar-refractivity contribution is 0.254. The number of carbonyl (C=O) groups is 1. The molecule has 2 aromatic heterocycles. The van der Waals surface area contributed by atoms with E-state index in [1.165, 1.54) is 13.1 Å². The number of nitrogens with one attached hydrogen (secondary N) is 2. The van der Waals surface area contributed by atoms with Crippen LogP contribution in [-0.4, -0.2) is 17.6 Å². The number of hydrogen-bond acceptors (Lipinski definition) is 4. The monoisotopic (exact) mass is 613 g/mol. The molecule has 2 amide bonds. The summed E-state index contributed by atoms with van der Waals surface area (Å²) in [5.74, 6) is -0.393. The predicted molar refractivity (Wildman–Crippen MR) is 150 cm³/mol. The average Bonchev–Trinajstić information content (AvgIpc) is 3.69. The van der Waals surface area contributed by atoms with Gasteiger partial charge in [0.2, 0.25) is 0 Å². The Labute approximate surface area is 225 Å². The normalized spacial score (nSPS) is 13.1. The van der Waals surface area contributed by atoms with E-state index in [4.69, 9.17) is 4.42 Å². The third kappa shape index (κ3) is 4.68. The summed E-state index contributed by atoms with van der Waals surface area (Å²) in [7, 11) is 1.53. The van der Waals surface area contributed by atoms with Crippen LogP contribution < -0.4 is 21.8 Å². The van der Waals surface area contributed by atoms with Crippen LogP contribution in [0.2, 0.25) is 0 Å². The van der Waals surface area contributed by atoms with E-state index in [1.54, 1.807) is 41.8 Å². The number of amides is 2. The standard InChI is InChI=1S/C28H25FIN3O4/c1-14-21(12-16-7-8-18(30)13-22(16)29)24-25(37-27(14)35)23(15(2)33(26(24)34)20-9-10-20)17-5-4-6-19(11-17)32-28(36)31-3/h4-8,11,13,20H,9-10,12H2,1-3H3,(H2,31,32,36). The molecule has 0 spiro atoms. The molecule has 0 saturated heterocycles. The molecule has 1 aliphatic carbocycles. The predicted octanol–water partition coefficient (Wildman–Crippen LogP) is 5.66. The number of halogens is 2. The molecule has 4 aromatic rings. The number of urea groups is 1. The van der Waals surface area contributed by atoms with Gasteiger partial charge in [0.15, 0.2) is 5.58 Å². The van der Waals surface area contributed by atoms with Crippen molar-refractivity contribution in [3.05, 3.63) is 95.0 Å². The number of benzene rings is 2. The highest BCUT2D eigenvalue weighted by molar-refractivity contribution is 14.1. The lowest BCUT2D eigenvalue weighted by Gasteiger charge is -2.19. The summed E-state index contributed by atoms with van der Waals surface area (Å²) >= 11 is 2.04. The van der Waals surface area contributed by atoms with Crippen LogP contribution in [0.25, 0.3) is 22.1 Å². The van der Waals surface area contributed by atoms with Crippen molar-refractivity contribution < 1.29 is 13.6 Å². The summed E-state index contributed by atoms with van der Waals surface area (Å²) in [5, 5.41) is 5.56. The molecular formula is C28H25FIN3O4. The first kappa shape index (κ1) is 25.2. The zero-order valence-corrected chi connectivity index (χ0v) is 22.7. The van der Waals surface area contributed by atoms with Crippen molar-refractivity contribution in [1.29, 1.82) is 0 Å². The van der Waals surface area contributed by atoms with E-state index in [2.05, 4.69) is 10.6 Å². The molecule has 9 heteroatoms. The lowest BCUT2D eigenvalue weighted by Crippen LogP contribution is -2.26. The highest BCUT2D eigenvalue weighted by Crippen LogP contribution is 2.40. The van der Waals surface area contributed by atoms with E-state index in [-0.39, 0.29) is 40.6 Å². The number of aromatic nitrogens is 1. The van der Waals surface area contributed by atoms with E-state index in [0.717, 1.165) is 16.4 Å². The van der Waals surface area contributed by atoms with Gasteiger partial charge >= 0.3 is 11.7 Å². The largest absolute Gasteiger partial charge is 0.422 e. The maximum atomic E-state index is 14.8. The number of nitrogens with zero attached hydrogens (tertiary/aromatic N) is 1. The third-order valence-corrected chi connectivity index (χ3v) is 7.47. The molecule has 5 rings (SSSR count). The Morgan fingerprint density at radius 1 is 1.16 bits per heavy atom. The second kappa shape index (κ2) is 9.77. The molecule has 1 aliphatic rings. The van der Waals surface area contributed by atoms with Crippen molar-refractivity contribution in [2.24, 2.45) is 0 Å². The van der Waals surface area contributed by atoms with Gasteiger partial charge in [0, 0.05) is 45.6 Å². The minimum atomic E-state index is -0.572. The van der Waals surface area contributed by atoms with E-state index in [0.29, 0.717) is 33.6 Å². The Kier molecular flexibility index (Phi) is 6.65. The first-order valence-corrected chi connectivity index (χ1v) is 13.0. The summed E-state index contributed by atoms with van der Waals surface area (Å²) in [6.07, 6.45) is 1.83. The van der Waals surface area contributed by atoms with Gasteiger partial charge in [-0.25, -0.2) is 14.0 Å². The van der Waals surface area contributed by atoms with Crippen LogP contribution in [0.3, 0.4) is 0 Å². The SMILES string of the molecule is CNC(=O)Nc1cccc(-c2c(C)n(C3CC3)c(=O)c3c(Cc4ccc(I)cc4F)c(C)c(=O)oc23)c1. The van der Waals surface area contributed by atoms with E-state index < -0.39 is 11.4 Å². The second-order valence-electron chi connectivity index (χ2n) is 9.26. The van der Waals surface area contributed by atoms with Crippen LogP contribution in [0.5, 0.6) is 0 Å². The molecule has 7 nitrogen and oxygen atoms in total. The van der Waals surface area contributed by atoms with Crippen LogP contribution in [0, 0.1) is 23.2 Å². The van der Waals surface area contributed by atoms with E-state index in [1.807, 2.05) is 35.6 Å². The first-order valence-electron chi connectivity index (χ1n) is 11.9. The Morgan fingerprint density at radius 2 is 1.92 bits per heavy atom. The number of hydrogen-bond donors (Lipinski definition) is 2. The van der Waals surface area contributed by atoms with Gasteiger partial charge in [-0.3, -0.25) is 4.79 Å². The summed E-state index contributed by atoms with van der Waals surface area (Å²) < 4.78 is 23.2. The topological polar surface area (TPSA) is 93.3 Å². The maximum Gasteiger partial charge on any atom is 0.339 e. The zero-order valence-electron chi connectivity index (χ0n) is 20.6. The minimum Gasteiger partial charge on any atom is -0.422 e. The fourth-order valence-electron chi connectivity index (χ4n) is 4.76. The molecular weight excluding hydrogens is 588 g/mol. The van der Waals surface area contributed by atoms with Gasteiger partial charge < -0.3 is 19.6 Å². The van der Waals surface area contributed by atoms with Crippen LogP contribution in [0.4, 0.5) is 14.9 Å². The number of fused-ring (bicyclic) bond motifs is 1. The Hall–Kier alpha value is -3.47. The number of rotatable bonds is 5. The fourth-order valence-corrected chi connectivity index (χ4v) is 5.22. The summed E-state index contributed by atoms with van der Waals surface area (Å²) in [6.45, 7) is 3.45. The van der Waals surface area contributed by atoms with Gasteiger partial charge in [0.05, 0.1) is 5.39 Å². The molecule has 0 aliphatic heterocycles. The Morgan fingerprint density at radius 3 is 2.59 bits per heavy atom. The summed E-state index contributed by atoms with van der Waals surface area (Å²) in [5.41, 5.74) is 3.01. The second-order valence-corrected chi connectivity index (χ2v) is 10.5. The molecule has 190 valence electrons. The zero-order chi connectivity index (χ0) is 26.4. The van der Waals surface area contributed by atoms with Crippen LogP contribution in [0.1, 0.15) is 41.3 Å². The molecule has 2 heterocycles. The van der Waals surface area contributed by atoms with Gasteiger partial charge in [0.1, 0.15) is 5.82 Å². The van der Waals surface area contributed by atoms with Gasteiger partial charge in [-0.05, 0) is 90.2 Å². The summed E-state index contributed by atoms with van der Waals surface area (Å²) in [6, 6.07) is 11.7. The molecule has 0 atom stereocenters. The van der Waals surface area contributed by atoms with Crippen LogP contribution >= 0.6 is 22.6 Å². The van der Waals surface area contributed by atoms with Crippen molar-refractivity contribution >= 4 is 45.3 Å². The molecule has 2 aromatic carbocycles. The number of anilines is 1. The van der Waals surface area contributed by atoms with Crippen molar-refractivity contribution in [3.63, 3.8) is 0 Å². The van der Waals surface area contributed by atoms with Crippen molar-refractivity contribution in [1.82, 2.24) is 9.88 Å². The highest BCUT2D eigenvalue weighted by atomic mass is 127. The van der Waals surface area contributed by atoms with Gasteiger partial charge in [-0.2, -0.15) is 0 Å². The lowest BCUT2D eigenvalue weighted by atomic mass is 9.94. The minimum absolute atomic E-state index is 0.0537. The highest BCUT2D eigenvalue weighted by Gasteiger charge is 2.31. The Balaban J connectivity index is 1.82. The van der Waals surface area contributed by atoms with Crippen LogP contribution in [-0.2, 0) is 6.42 Å². The number of carbonyl (C=O) groups excluding carboxylic acids is 1. The Bertz CT molecular complexity index is 1690. The van der Waals surface area contributed by atoms with E-state index >= 15 is 0 Å². The first-order chi connectivity index (χ1) is 17.7. The van der Waals surface area contributed by atoms with Gasteiger partial charge in [-0.15, -0.1) is 0 Å². The third-order valence-electron chi connectivity index (χ3n) is 6.80. The molecule has 0 bridgehead atoms. The molecule has 0 unspecified atom stereocenters. The number of pyridine rings is 1. The smallest absolute Gasteiger partial charge is 0.339 e. The van der Waals surface area contributed by atoms with Gasteiger partial charge in [0.25, 0.3) is 5.56 Å². The molecule has 1 fully saturated rings. The fraction of sp³-hybridized carbons (Fsp3) is 0.250. The molecule has 2 N–H and O–H groups in total. The molecule has 1 saturated carbocycles. The average molecular weight is 613 g/mol. The maximum absolute atomic E-state index is 14.8. The quantitative estimate of drug-likeness (QED) is 0.284. The van der Waals surface area contributed by atoms with Gasteiger partial charge in [-0.1, -0.05) is 18.2 Å². The van der Waals surface area contributed by atoms with E-state index in [9.17, 15) is 18.8 Å². The van der Waals surface area contributed by atoms with Crippen molar-refractivity contribution in [2.75, 3.05) is 12.4 Å². The summed E-state index contributed by atoms with van der Waals surface area (Å²) in [4.78, 5) is 38.9. The molecule has 0 radical (unpaired) electrons. The van der Waals surface area contributed by atoms with Crippen LogP contribution in [0.15, 0.2) is 56.5 Å². The van der Waals surface area contributed by atoms with Crippen molar-refractivity contribution in [3.8, 4) is 11.1 Å².